The summed E-state index contributed by atoms with van der Waals surface area (Å²) in [6.45, 7) is 6.47. The predicted octanol–water partition coefficient (Wildman–Crippen LogP) is 4.68. The molecule has 0 amide bonds. The predicted molar refractivity (Wildman–Crippen MR) is 96.8 cm³/mol. The van der Waals surface area contributed by atoms with Gasteiger partial charge in [-0.3, -0.25) is 0 Å². The molecule has 0 aliphatic heterocycles. The molecule has 4 nitrogen and oxygen atoms in total. The van der Waals surface area contributed by atoms with Gasteiger partial charge in [-0.25, -0.2) is 4.79 Å². The molecule has 0 fully saturated rings. The maximum absolute atomic E-state index is 11.9. The number of aryl methyl sites for hydroxylation is 1. The second-order valence-electron chi connectivity index (χ2n) is 6.35. The second-order valence-corrected chi connectivity index (χ2v) is 6.35. The number of nitrogens with zero attached hydrogens (tertiary/aromatic N) is 1. The zero-order valence-corrected chi connectivity index (χ0v) is 14.5. The summed E-state index contributed by atoms with van der Waals surface area (Å²) >= 11 is 0. The average Bonchev–Trinajstić information content (AvgIpc) is 2.58. The minimum Gasteiger partial charge on any atom is -0.487 e. The van der Waals surface area contributed by atoms with Crippen molar-refractivity contribution in [1.82, 2.24) is 0 Å². The molecular weight excluding hydrogens is 314 g/mol. The number of hydrogen-bond acceptors (Lipinski definition) is 4. The maximum Gasteiger partial charge on any atom is 0.336 e. The zero-order valence-electron chi connectivity index (χ0n) is 14.5. The van der Waals surface area contributed by atoms with Gasteiger partial charge in [0.1, 0.15) is 24.0 Å². The van der Waals surface area contributed by atoms with Crippen LogP contribution in [0.3, 0.4) is 0 Å². The molecule has 0 saturated carbocycles. The third-order valence-electron chi connectivity index (χ3n) is 4.23. The van der Waals surface area contributed by atoms with Gasteiger partial charge < -0.3 is 9.15 Å². The lowest BCUT2D eigenvalue weighted by atomic mass is 9.95. The summed E-state index contributed by atoms with van der Waals surface area (Å²) in [6.07, 6.45) is 0. The number of ether oxygens (including phenoxy) is 1. The van der Waals surface area contributed by atoms with Crippen LogP contribution in [0.4, 0.5) is 0 Å². The van der Waals surface area contributed by atoms with E-state index in [0.29, 0.717) is 22.8 Å². The highest BCUT2D eigenvalue weighted by Gasteiger charge is 2.12. The first-order valence-electron chi connectivity index (χ1n) is 8.19. The van der Waals surface area contributed by atoms with Gasteiger partial charge in [-0.1, -0.05) is 26.0 Å². The lowest BCUT2D eigenvalue weighted by molar-refractivity contribution is 0.305. The molecule has 3 aromatic rings. The quantitative estimate of drug-likeness (QED) is 0.651. The molecule has 0 radical (unpaired) electrons. The van der Waals surface area contributed by atoms with Crippen molar-refractivity contribution in [1.29, 1.82) is 5.26 Å². The Kier molecular flexibility index (Phi) is 4.58. The molecule has 126 valence electrons. The topological polar surface area (TPSA) is 63.2 Å². The highest BCUT2D eigenvalue weighted by Crippen LogP contribution is 2.28. The van der Waals surface area contributed by atoms with E-state index in [9.17, 15) is 4.79 Å². The molecule has 0 atom stereocenters. The minimum absolute atomic E-state index is 0.196. The maximum atomic E-state index is 11.9. The van der Waals surface area contributed by atoms with Crippen LogP contribution < -0.4 is 10.4 Å². The van der Waals surface area contributed by atoms with E-state index in [1.54, 1.807) is 18.2 Å². The summed E-state index contributed by atoms with van der Waals surface area (Å²) in [7, 11) is 0. The van der Waals surface area contributed by atoms with E-state index in [0.717, 1.165) is 16.5 Å². The van der Waals surface area contributed by atoms with E-state index in [-0.39, 0.29) is 6.61 Å². The Balaban J connectivity index is 2.05. The van der Waals surface area contributed by atoms with Crippen LogP contribution in [0.15, 0.2) is 51.7 Å². The zero-order chi connectivity index (χ0) is 18.0. The summed E-state index contributed by atoms with van der Waals surface area (Å²) in [5, 5.41) is 10.0. The van der Waals surface area contributed by atoms with Crippen LogP contribution in [0.25, 0.3) is 11.0 Å². The largest absolute Gasteiger partial charge is 0.487 e. The fraction of sp³-hybridized carbons (Fsp3) is 0.238. The van der Waals surface area contributed by atoms with Gasteiger partial charge in [-0.2, -0.15) is 5.26 Å². The summed E-state index contributed by atoms with van der Waals surface area (Å²) in [5.41, 5.74) is 3.67. The monoisotopic (exact) mass is 333 g/mol. The molecule has 3 rings (SSSR count). The van der Waals surface area contributed by atoms with Crippen molar-refractivity contribution in [3.05, 3.63) is 75.1 Å². The summed E-state index contributed by atoms with van der Waals surface area (Å²) in [5.74, 6) is 0.868. The normalized spacial score (nSPS) is 10.8. The van der Waals surface area contributed by atoms with Gasteiger partial charge in [-0.05, 0) is 48.2 Å². The Labute approximate surface area is 146 Å². The Morgan fingerprint density at radius 3 is 2.68 bits per heavy atom. The van der Waals surface area contributed by atoms with Crippen molar-refractivity contribution < 1.29 is 9.15 Å². The van der Waals surface area contributed by atoms with Gasteiger partial charge in [0.2, 0.25) is 0 Å². The molecule has 4 heteroatoms. The standard InChI is InChI=1S/C21H19NO3/c1-13(2)17-10-18-16(9-21(23)25-20(18)8-14(17)3)12-24-19-7-5-4-6-15(19)11-22/h4-10,13H,12H2,1-3H3. The average molecular weight is 333 g/mol. The Hall–Kier alpha value is -3.06. The first kappa shape index (κ1) is 16.8. The fourth-order valence-electron chi connectivity index (χ4n) is 2.97. The van der Waals surface area contributed by atoms with Gasteiger partial charge >= 0.3 is 5.63 Å². The molecule has 0 saturated heterocycles. The van der Waals surface area contributed by atoms with Crippen molar-refractivity contribution in [3.63, 3.8) is 0 Å². The van der Waals surface area contributed by atoms with Crippen LogP contribution in [0.2, 0.25) is 0 Å². The summed E-state index contributed by atoms with van der Waals surface area (Å²) in [4.78, 5) is 11.9. The highest BCUT2D eigenvalue weighted by atomic mass is 16.5. The van der Waals surface area contributed by atoms with E-state index in [2.05, 4.69) is 26.0 Å². The van der Waals surface area contributed by atoms with Gasteiger partial charge in [0.15, 0.2) is 0 Å². The van der Waals surface area contributed by atoms with Crippen LogP contribution in [0, 0.1) is 18.3 Å². The molecule has 0 unspecified atom stereocenters. The lowest BCUT2D eigenvalue weighted by Gasteiger charge is -2.14. The number of hydrogen-bond donors (Lipinski definition) is 0. The Morgan fingerprint density at radius 1 is 1.20 bits per heavy atom. The number of para-hydroxylation sites is 1. The smallest absolute Gasteiger partial charge is 0.336 e. The molecule has 0 N–H and O–H groups in total. The van der Waals surface area contributed by atoms with E-state index >= 15 is 0 Å². The van der Waals surface area contributed by atoms with Crippen LogP contribution in [-0.4, -0.2) is 0 Å². The van der Waals surface area contributed by atoms with Gasteiger partial charge in [0.25, 0.3) is 0 Å². The van der Waals surface area contributed by atoms with E-state index in [1.807, 2.05) is 19.1 Å². The molecule has 1 aromatic heterocycles. The van der Waals surface area contributed by atoms with Crippen molar-refractivity contribution in [2.45, 2.75) is 33.3 Å². The number of nitriles is 1. The van der Waals surface area contributed by atoms with Gasteiger partial charge in [0, 0.05) is 17.0 Å². The molecular formula is C21H19NO3. The van der Waals surface area contributed by atoms with Crippen LogP contribution in [0.1, 0.15) is 42.0 Å². The molecule has 0 spiro atoms. The lowest BCUT2D eigenvalue weighted by Crippen LogP contribution is -2.05. The Bertz CT molecular complexity index is 1030. The van der Waals surface area contributed by atoms with Crippen LogP contribution in [0.5, 0.6) is 5.75 Å². The van der Waals surface area contributed by atoms with Crippen molar-refractivity contribution in [2.24, 2.45) is 0 Å². The molecule has 1 heterocycles. The first-order chi connectivity index (χ1) is 12.0. The van der Waals surface area contributed by atoms with Crippen LogP contribution >= 0.6 is 0 Å². The second kappa shape index (κ2) is 6.82. The third-order valence-corrected chi connectivity index (χ3v) is 4.23. The fourth-order valence-corrected chi connectivity index (χ4v) is 2.97. The van der Waals surface area contributed by atoms with Gasteiger partial charge in [0.05, 0.1) is 5.56 Å². The molecule has 25 heavy (non-hydrogen) atoms. The number of rotatable bonds is 4. The third kappa shape index (κ3) is 3.41. The SMILES string of the molecule is Cc1cc2oc(=O)cc(COc3ccccc3C#N)c2cc1C(C)C. The van der Waals surface area contributed by atoms with E-state index < -0.39 is 5.63 Å². The van der Waals surface area contributed by atoms with E-state index in [1.165, 1.54) is 11.6 Å². The van der Waals surface area contributed by atoms with Crippen LogP contribution in [-0.2, 0) is 6.61 Å². The van der Waals surface area contributed by atoms with Crippen molar-refractivity contribution in [3.8, 4) is 11.8 Å². The molecule has 0 aliphatic carbocycles. The highest BCUT2D eigenvalue weighted by molar-refractivity contribution is 5.82. The summed E-state index contributed by atoms with van der Waals surface area (Å²) < 4.78 is 11.2. The van der Waals surface area contributed by atoms with Crippen molar-refractivity contribution in [2.75, 3.05) is 0 Å². The number of benzene rings is 2. The minimum atomic E-state index is -0.406. The van der Waals surface area contributed by atoms with E-state index in [4.69, 9.17) is 14.4 Å². The first-order valence-corrected chi connectivity index (χ1v) is 8.19. The van der Waals surface area contributed by atoms with Crippen molar-refractivity contribution >= 4 is 11.0 Å². The number of fused-ring (bicyclic) bond motifs is 1. The van der Waals surface area contributed by atoms with Gasteiger partial charge in [-0.15, -0.1) is 0 Å². The molecule has 2 aromatic carbocycles. The molecule has 0 bridgehead atoms. The summed E-state index contributed by atoms with van der Waals surface area (Å²) in [6, 6.07) is 14.6. The Morgan fingerprint density at radius 2 is 1.96 bits per heavy atom. The molecule has 0 aliphatic rings.